The van der Waals surface area contributed by atoms with Gasteiger partial charge in [0.25, 0.3) is 0 Å². The van der Waals surface area contributed by atoms with Crippen LogP contribution in [0, 0.1) is 0 Å². The summed E-state index contributed by atoms with van der Waals surface area (Å²) >= 11 is 0. The minimum absolute atomic E-state index is 0.122. The minimum Gasteiger partial charge on any atom is -0.310 e. The van der Waals surface area contributed by atoms with Gasteiger partial charge in [-0.1, -0.05) is 157 Å². The highest BCUT2D eigenvalue weighted by molar-refractivity contribution is 7.03. The number of para-hydroxylation sites is 2. The van der Waals surface area contributed by atoms with Gasteiger partial charge in [0.15, 0.2) is 0 Å². The van der Waals surface area contributed by atoms with Crippen LogP contribution in [0.1, 0.15) is 0 Å². The van der Waals surface area contributed by atoms with Crippen LogP contribution < -0.4 is 32.8 Å². The van der Waals surface area contributed by atoms with Crippen LogP contribution in [0.15, 0.2) is 182 Å². The molecule has 9 aromatic carbocycles. The van der Waals surface area contributed by atoms with Gasteiger partial charge >= 0.3 is 0 Å². The summed E-state index contributed by atoms with van der Waals surface area (Å²) in [6.07, 6.45) is 0. The number of nitrogens with zero attached hydrogens (tertiary/aromatic N) is 2. The molecule has 2 nitrogen and oxygen atoms in total. The highest BCUT2D eigenvalue weighted by Gasteiger charge is 2.46. The van der Waals surface area contributed by atoms with Gasteiger partial charge in [-0.3, -0.25) is 0 Å². The smallest absolute Gasteiger partial charge is 0.248 e. The predicted molar refractivity (Wildman–Crippen MR) is 246 cm³/mol. The van der Waals surface area contributed by atoms with Gasteiger partial charge in [-0.15, -0.1) is 0 Å². The molecule has 0 unspecified atom stereocenters. The Morgan fingerprint density at radius 2 is 0.707 bits per heavy atom. The van der Waals surface area contributed by atoms with Crippen molar-refractivity contribution in [2.45, 2.75) is 0 Å². The molecule has 0 atom stereocenters. The fourth-order valence-electron chi connectivity index (χ4n) is 12.0. The van der Waals surface area contributed by atoms with Gasteiger partial charge in [0.1, 0.15) is 0 Å². The van der Waals surface area contributed by atoms with Gasteiger partial charge in [-0.25, -0.2) is 0 Å². The van der Waals surface area contributed by atoms with E-state index in [4.69, 9.17) is 0 Å². The third-order valence-corrected chi connectivity index (χ3v) is 14.1. The Kier molecular flexibility index (Phi) is 5.34. The third-order valence-electron chi connectivity index (χ3n) is 14.1. The summed E-state index contributed by atoms with van der Waals surface area (Å²) in [6, 6.07) is 68.9. The zero-order valence-electron chi connectivity index (χ0n) is 31.4. The summed E-state index contributed by atoms with van der Waals surface area (Å²) in [7, 11) is 0. The van der Waals surface area contributed by atoms with Crippen molar-refractivity contribution in [1.29, 1.82) is 0 Å². The zero-order chi connectivity index (χ0) is 37.4. The van der Waals surface area contributed by atoms with E-state index in [1.807, 2.05) is 0 Å². The number of aromatic nitrogens is 2. The van der Waals surface area contributed by atoms with E-state index in [9.17, 15) is 0 Å². The summed E-state index contributed by atoms with van der Waals surface area (Å²) < 4.78 is 5.29. The molecule has 15 rings (SSSR count). The first-order valence-electron chi connectivity index (χ1n) is 20.5. The number of fused-ring (bicyclic) bond motifs is 18. The lowest BCUT2D eigenvalue weighted by Crippen LogP contribution is -2.57. The molecule has 4 aliphatic rings. The van der Waals surface area contributed by atoms with Gasteiger partial charge in [-0.2, -0.15) is 0 Å². The highest BCUT2D eigenvalue weighted by Crippen LogP contribution is 2.46. The Hall–Kier alpha value is -7.29. The maximum Gasteiger partial charge on any atom is 0.248 e. The second kappa shape index (κ2) is 10.4. The maximum atomic E-state index is 2.65. The Morgan fingerprint density at radius 3 is 1.17 bits per heavy atom. The summed E-state index contributed by atoms with van der Waals surface area (Å²) in [4.78, 5) is 0. The second-order valence-corrected chi connectivity index (χ2v) is 16.7. The summed E-state index contributed by atoms with van der Waals surface area (Å²) in [5.74, 6) is 0. The first kappa shape index (κ1) is 29.9. The van der Waals surface area contributed by atoms with Gasteiger partial charge < -0.3 is 9.13 Å². The van der Waals surface area contributed by atoms with Gasteiger partial charge in [0, 0.05) is 32.9 Å². The lowest BCUT2D eigenvalue weighted by atomic mass is 9.35. The standard InChI is InChI=1S/C54H30B2N2/c1-3-15-31(16-4-1)37-27-39-33-19-7-11-23-41(33)55-43-30-48-44(29-47(43)57-45-25-13-9-21-35(45)49(37)53(57)51(39)55)56-42-24-12-8-20-34(42)40-28-38(32-17-5-2-6-18-32)50-36-22-10-14-26-46(36)58(48)54(50)52(40)56/h1-30H. The molecule has 6 heterocycles. The molecular weight excluding hydrogens is 698 g/mol. The highest BCUT2D eigenvalue weighted by atomic mass is 15.0. The molecule has 58 heavy (non-hydrogen) atoms. The Bertz CT molecular complexity index is 3440. The fourth-order valence-corrected chi connectivity index (χ4v) is 12.0. The quantitative estimate of drug-likeness (QED) is 0.158. The van der Waals surface area contributed by atoms with Crippen molar-refractivity contribution in [2.75, 3.05) is 0 Å². The van der Waals surface area contributed by atoms with E-state index in [1.165, 1.54) is 132 Å². The van der Waals surface area contributed by atoms with Crippen molar-refractivity contribution in [3.8, 4) is 55.9 Å². The van der Waals surface area contributed by atoms with Crippen LogP contribution in [0.25, 0.3) is 99.5 Å². The van der Waals surface area contributed by atoms with Crippen LogP contribution in [-0.2, 0) is 0 Å². The molecule has 0 N–H and O–H groups in total. The Balaban J connectivity index is 1.14. The first-order chi connectivity index (χ1) is 28.8. The molecule has 0 radical (unpaired) electrons. The van der Waals surface area contributed by atoms with E-state index < -0.39 is 0 Å². The molecule has 262 valence electrons. The first-order valence-corrected chi connectivity index (χ1v) is 20.5. The van der Waals surface area contributed by atoms with E-state index >= 15 is 0 Å². The van der Waals surface area contributed by atoms with Crippen molar-refractivity contribution < 1.29 is 0 Å². The second-order valence-electron chi connectivity index (χ2n) is 16.7. The molecule has 0 bridgehead atoms. The molecule has 11 aromatic rings. The minimum atomic E-state index is 0.122. The molecule has 0 saturated heterocycles. The SMILES string of the molecule is c1ccc(-c2cc3c4c5c2c2ccccc2n5-c2cc5c(cc2B4c2ccccc2-3)-n2c3ccccc3c3c(-c4ccccc4)cc4c(c32)B5c2ccccc2-4)cc1. The maximum absolute atomic E-state index is 2.65. The van der Waals surface area contributed by atoms with Gasteiger partial charge in [-0.05, 0) is 103 Å². The van der Waals surface area contributed by atoms with Crippen molar-refractivity contribution in [1.82, 2.24) is 9.13 Å². The topological polar surface area (TPSA) is 9.86 Å². The number of hydrogen-bond acceptors (Lipinski definition) is 0. The predicted octanol–water partition coefficient (Wildman–Crippen LogP) is 8.83. The van der Waals surface area contributed by atoms with Gasteiger partial charge in [0.2, 0.25) is 13.4 Å². The van der Waals surface area contributed by atoms with Crippen LogP contribution in [0.2, 0.25) is 0 Å². The number of rotatable bonds is 2. The normalized spacial score (nSPS) is 13.4. The fraction of sp³-hybridized carbons (Fsp3) is 0. The van der Waals surface area contributed by atoms with Crippen molar-refractivity contribution in [3.05, 3.63) is 182 Å². The lowest BCUT2D eigenvalue weighted by molar-refractivity contribution is 1.16. The van der Waals surface area contributed by atoms with Crippen LogP contribution >= 0.6 is 0 Å². The monoisotopic (exact) mass is 728 g/mol. The molecule has 0 spiro atoms. The van der Waals surface area contributed by atoms with Crippen LogP contribution in [-0.4, -0.2) is 22.6 Å². The van der Waals surface area contributed by atoms with E-state index in [1.54, 1.807) is 0 Å². The number of benzene rings is 9. The molecule has 4 aliphatic heterocycles. The van der Waals surface area contributed by atoms with E-state index in [2.05, 4.69) is 191 Å². The molecule has 4 heteroatoms. The summed E-state index contributed by atoms with van der Waals surface area (Å²) in [5, 5.41) is 5.33. The summed E-state index contributed by atoms with van der Waals surface area (Å²) in [5.41, 5.74) is 26.9. The summed E-state index contributed by atoms with van der Waals surface area (Å²) in [6.45, 7) is 0.243. The number of hydrogen-bond donors (Lipinski definition) is 0. The lowest BCUT2D eigenvalue weighted by Gasteiger charge is -2.31. The van der Waals surface area contributed by atoms with Crippen molar-refractivity contribution in [3.63, 3.8) is 0 Å². The molecule has 0 saturated carbocycles. The van der Waals surface area contributed by atoms with Crippen molar-refractivity contribution >= 4 is 89.8 Å². The molecule has 2 aromatic heterocycles. The zero-order valence-corrected chi connectivity index (χ0v) is 31.4. The molecule has 0 aliphatic carbocycles. The Morgan fingerprint density at radius 1 is 0.310 bits per heavy atom. The van der Waals surface area contributed by atoms with E-state index in [0.29, 0.717) is 0 Å². The van der Waals surface area contributed by atoms with Crippen LogP contribution in [0.5, 0.6) is 0 Å². The average Bonchev–Trinajstić information content (AvgIpc) is 4.02. The van der Waals surface area contributed by atoms with Crippen molar-refractivity contribution in [2.24, 2.45) is 0 Å². The van der Waals surface area contributed by atoms with Gasteiger partial charge in [0.05, 0.1) is 22.1 Å². The third kappa shape index (κ3) is 3.40. The van der Waals surface area contributed by atoms with E-state index in [0.717, 1.165) is 0 Å². The molecule has 0 amide bonds. The molecular formula is C54H30B2N2. The molecule has 0 fully saturated rings. The van der Waals surface area contributed by atoms with Crippen LogP contribution in [0.3, 0.4) is 0 Å². The van der Waals surface area contributed by atoms with E-state index in [-0.39, 0.29) is 13.4 Å². The van der Waals surface area contributed by atoms with Crippen LogP contribution in [0.4, 0.5) is 0 Å². The largest absolute Gasteiger partial charge is 0.310 e. The Labute approximate surface area is 335 Å². The average molecular weight is 728 g/mol.